The van der Waals surface area contributed by atoms with Crippen LogP contribution in [0.5, 0.6) is 0 Å². The van der Waals surface area contributed by atoms with Gasteiger partial charge in [0, 0.05) is 11.6 Å². The highest BCUT2D eigenvalue weighted by molar-refractivity contribution is 5.88. The van der Waals surface area contributed by atoms with Crippen molar-refractivity contribution < 1.29 is 14.3 Å². The van der Waals surface area contributed by atoms with Crippen molar-refractivity contribution in [3.63, 3.8) is 0 Å². The van der Waals surface area contributed by atoms with Crippen molar-refractivity contribution in [1.29, 1.82) is 0 Å². The van der Waals surface area contributed by atoms with Crippen LogP contribution in [0.15, 0.2) is 35.3 Å². The molecular weight excluding hydrogens is 194 g/mol. The van der Waals surface area contributed by atoms with Crippen LogP contribution in [0, 0.1) is 0 Å². The molecule has 0 saturated heterocycles. The van der Waals surface area contributed by atoms with Gasteiger partial charge in [-0.2, -0.15) is 4.99 Å². The number of nitrogens with zero attached hydrogens (tertiary/aromatic N) is 1. The van der Waals surface area contributed by atoms with E-state index < -0.39 is 5.97 Å². The van der Waals surface area contributed by atoms with E-state index in [1.807, 2.05) is 0 Å². The van der Waals surface area contributed by atoms with Crippen molar-refractivity contribution in [3.05, 3.63) is 35.9 Å². The smallest absolute Gasteiger partial charge is 0.330 e. The topological polar surface area (TPSA) is 55.7 Å². The van der Waals surface area contributed by atoms with E-state index in [0.717, 1.165) is 0 Å². The number of benzene rings is 1. The van der Waals surface area contributed by atoms with Gasteiger partial charge in [0.1, 0.15) is 0 Å². The molecule has 0 aliphatic carbocycles. The third kappa shape index (κ3) is 3.21. The zero-order valence-electron chi connectivity index (χ0n) is 8.14. The molecule has 0 N–H and O–H groups in total. The monoisotopic (exact) mass is 203 g/mol. The van der Waals surface area contributed by atoms with Crippen LogP contribution in [0.1, 0.15) is 5.56 Å². The van der Waals surface area contributed by atoms with Crippen LogP contribution in [0.4, 0.5) is 5.69 Å². The summed E-state index contributed by atoms with van der Waals surface area (Å²) in [6.45, 7) is 0. The molecule has 0 unspecified atom stereocenters. The molecule has 0 aliphatic heterocycles. The van der Waals surface area contributed by atoms with E-state index in [4.69, 9.17) is 0 Å². The summed E-state index contributed by atoms with van der Waals surface area (Å²) < 4.78 is 4.44. The Balaban J connectivity index is 2.98. The summed E-state index contributed by atoms with van der Waals surface area (Å²) in [5.41, 5.74) is 1.12. The van der Waals surface area contributed by atoms with Gasteiger partial charge in [0.2, 0.25) is 6.08 Å². The van der Waals surface area contributed by atoms with Crippen LogP contribution in [-0.2, 0) is 14.3 Å². The standard InChI is InChI=1S/C11H9NO3/c1-15-11(14)7-6-9-4-2-3-5-10(9)12-8-13/h2-7H,1H3. The Labute approximate surface area is 86.9 Å². The van der Waals surface area contributed by atoms with Gasteiger partial charge in [-0.3, -0.25) is 0 Å². The third-order valence-electron chi connectivity index (χ3n) is 1.70. The number of hydrogen-bond donors (Lipinski definition) is 0. The molecule has 0 atom stereocenters. The minimum atomic E-state index is -0.458. The highest BCUT2D eigenvalue weighted by Crippen LogP contribution is 2.19. The maximum atomic E-state index is 10.8. The normalized spacial score (nSPS) is 9.67. The maximum absolute atomic E-state index is 10.8. The van der Waals surface area contributed by atoms with Gasteiger partial charge in [-0.1, -0.05) is 18.2 Å². The number of carbonyl (C=O) groups is 1. The molecule has 0 spiro atoms. The predicted molar refractivity (Wildman–Crippen MR) is 55.3 cm³/mol. The van der Waals surface area contributed by atoms with Gasteiger partial charge >= 0.3 is 5.97 Å². The summed E-state index contributed by atoms with van der Waals surface area (Å²) in [6.07, 6.45) is 4.24. The van der Waals surface area contributed by atoms with Crippen molar-refractivity contribution in [1.82, 2.24) is 0 Å². The molecule has 1 aromatic carbocycles. The largest absolute Gasteiger partial charge is 0.466 e. The average Bonchev–Trinajstić information content (AvgIpc) is 2.28. The van der Waals surface area contributed by atoms with E-state index in [1.54, 1.807) is 24.3 Å². The van der Waals surface area contributed by atoms with Crippen molar-refractivity contribution in [2.75, 3.05) is 7.11 Å². The number of hydrogen-bond acceptors (Lipinski definition) is 4. The van der Waals surface area contributed by atoms with Crippen molar-refractivity contribution in [3.8, 4) is 0 Å². The number of aliphatic imine (C=N–C) groups is 1. The van der Waals surface area contributed by atoms with E-state index in [-0.39, 0.29) is 0 Å². The first-order chi connectivity index (χ1) is 7.27. The molecule has 0 radical (unpaired) electrons. The van der Waals surface area contributed by atoms with Gasteiger partial charge < -0.3 is 4.74 Å². The van der Waals surface area contributed by atoms with Crippen molar-refractivity contribution >= 4 is 23.8 Å². The van der Waals surface area contributed by atoms with Crippen LogP contribution < -0.4 is 0 Å². The molecule has 0 amide bonds. The molecule has 1 aromatic rings. The zero-order chi connectivity index (χ0) is 11.1. The average molecular weight is 203 g/mol. The second kappa shape index (κ2) is 5.52. The molecule has 1 rings (SSSR count). The highest BCUT2D eigenvalue weighted by Gasteiger charge is 1.97. The lowest BCUT2D eigenvalue weighted by molar-refractivity contribution is -0.134. The molecule has 0 aliphatic rings. The lowest BCUT2D eigenvalue weighted by Crippen LogP contribution is -1.93. The number of ether oxygens (including phenoxy) is 1. The number of rotatable bonds is 3. The highest BCUT2D eigenvalue weighted by atomic mass is 16.5. The lowest BCUT2D eigenvalue weighted by Gasteiger charge is -1.96. The Bertz CT molecular complexity index is 431. The summed E-state index contributed by atoms with van der Waals surface area (Å²) in [4.78, 5) is 24.5. The first-order valence-electron chi connectivity index (χ1n) is 4.21. The van der Waals surface area contributed by atoms with Crippen LogP contribution >= 0.6 is 0 Å². The fraction of sp³-hybridized carbons (Fsp3) is 0.0909. The fourth-order valence-electron chi connectivity index (χ4n) is 1.01. The van der Waals surface area contributed by atoms with Gasteiger partial charge in [-0.05, 0) is 12.1 Å². The minimum absolute atomic E-state index is 0.458. The quantitative estimate of drug-likeness (QED) is 0.326. The minimum Gasteiger partial charge on any atom is -0.466 e. The van der Waals surface area contributed by atoms with Gasteiger partial charge in [-0.15, -0.1) is 0 Å². The molecule has 0 saturated carbocycles. The van der Waals surface area contributed by atoms with Crippen LogP contribution in [0.25, 0.3) is 6.08 Å². The van der Waals surface area contributed by atoms with Gasteiger partial charge in [0.05, 0.1) is 12.8 Å². The van der Waals surface area contributed by atoms with Crippen LogP contribution in [0.3, 0.4) is 0 Å². The van der Waals surface area contributed by atoms with E-state index in [0.29, 0.717) is 11.3 Å². The fourth-order valence-corrected chi connectivity index (χ4v) is 1.01. The summed E-state index contributed by atoms with van der Waals surface area (Å²) in [5, 5.41) is 0. The summed E-state index contributed by atoms with van der Waals surface area (Å²) in [6, 6.07) is 6.91. The van der Waals surface area contributed by atoms with Crippen molar-refractivity contribution in [2.45, 2.75) is 0 Å². The number of para-hydroxylation sites is 1. The van der Waals surface area contributed by atoms with E-state index in [9.17, 15) is 9.59 Å². The number of isocyanates is 1. The maximum Gasteiger partial charge on any atom is 0.330 e. The summed E-state index contributed by atoms with van der Waals surface area (Å²) in [7, 11) is 1.29. The molecule has 0 fully saturated rings. The van der Waals surface area contributed by atoms with E-state index in [2.05, 4.69) is 9.73 Å². The van der Waals surface area contributed by atoms with Crippen LogP contribution in [-0.4, -0.2) is 19.2 Å². The third-order valence-corrected chi connectivity index (χ3v) is 1.70. The molecule has 0 aromatic heterocycles. The second-order valence-corrected chi connectivity index (χ2v) is 2.62. The Morgan fingerprint density at radius 3 is 2.87 bits per heavy atom. The molecule has 76 valence electrons. The Morgan fingerprint density at radius 2 is 2.20 bits per heavy atom. The number of esters is 1. The summed E-state index contributed by atoms with van der Waals surface area (Å²) in [5.74, 6) is -0.458. The molecule has 4 nitrogen and oxygen atoms in total. The van der Waals surface area contributed by atoms with Gasteiger partial charge in [0.25, 0.3) is 0 Å². The zero-order valence-corrected chi connectivity index (χ0v) is 8.14. The molecule has 0 bridgehead atoms. The first-order valence-corrected chi connectivity index (χ1v) is 4.21. The Hall–Kier alpha value is -2.19. The lowest BCUT2D eigenvalue weighted by atomic mass is 10.1. The first kappa shape index (κ1) is 10.9. The Morgan fingerprint density at radius 1 is 1.47 bits per heavy atom. The van der Waals surface area contributed by atoms with Crippen molar-refractivity contribution in [2.24, 2.45) is 4.99 Å². The van der Waals surface area contributed by atoms with E-state index in [1.165, 1.54) is 25.3 Å². The number of methoxy groups -OCH3 is 1. The molecule has 4 heteroatoms. The Kier molecular flexibility index (Phi) is 4.01. The van der Waals surface area contributed by atoms with Gasteiger partial charge in [-0.25, -0.2) is 9.59 Å². The SMILES string of the molecule is COC(=O)C=Cc1ccccc1N=C=O. The molecule has 0 heterocycles. The summed E-state index contributed by atoms with van der Waals surface area (Å²) >= 11 is 0. The van der Waals surface area contributed by atoms with E-state index >= 15 is 0 Å². The number of carbonyl (C=O) groups excluding carboxylic acids is 2. The predicted octanol–water partition coefficient (Wildman–Crippen LogP) is 1.84. The molecular formula is C11H9NO3. The van der Waals surface area contributed by atoms with Gasteiger partial charge in [0.15, 0.2) is 0 Å². The van der Waals surface area contributed by atoms with Crippen LogP contribution in [0.2, 0.25) is 0 Å². The second-order valence-electron chi connectivity index (χ2n) is 2.62. The molecule has 15 heavy (non-hydrogen) atoms.